The van der Waals surface area contributed by atoms with E-state index in [1.54, 1.807) is 0 Å². The molecule has 0 unspecified atom stereocenters. The van der Waals surface area contributed by atoms with Gasteiger partial charge in [0.05, 0.1) is 5.69 Å². The van der Waals surface area contributed by atoms with Crippen LogP contribution in [0.1, 0.15) is 16.8 Å². The zero-order chi connectivity index (χ0) is 16.1. The number of aromatic nitrogens is 2. The van der Waals surface area contributed by atoms with Crippen LogP contribution in [0.25, 0.3) is 11.3 Å². The molecule has 2 N–H and O–H groups in total. The topological polar surface area (TPSA) is 75.6 Å². The van der Waals surface area contributed by atoms with Crippen LogP contribution in [-0.4, -0.2) is 9.97 Å². The minimum Gasteiger partial charge on any atom is -0.368 e. The molecule has 0 aliphatic rings. The quantitative estimate of drug-likeness (QED) is 0.700. The van der Waals surface area contributed by atoms with Gasteiger partial charge in [-0.2, -0.15) is 5.26 Å². The molecule has 3 rings (SSSR count). The van der Waals surface area contributed by atoms with E-state index in [-0.39, 0.29) is 5.95 Å². The molecule has 1 aromatic heterocycles. The number of nitriles is 1. The molecule has 0 aliphatic heterocycles. The maximum atomic E-state index is 9.51. The van der Waals surface area contributed by atoms with Crippen LogP contribution in [0.4, 0.5) is 5.95 Å². The first-order valence-electron chi connectivity index (χ1n) is 6.98. The SMILES string of the molecule is N#Cc1c(C#Cc2ccccc2)nc(N)nc1-c1ccccc1. The monoisotopic (exact) mass is 296 g/mol. The molecule has 1 heterocycles. The third-order valence-corrected chi connectivity index (χ3v) is 3.18. The van der Waals surface area contributed by atoms with Crippen molar-refractivity contribution in [2.75, 3.05) is 5.73 Å². The molecular formula is C19H12N4. The van der Waals surface area contributed by atoms with Gasteiger partial charge in [-0.05, 0) is 18.1 Å². The van der Waals surface area contributed by atoms with E-state index in [2.05, 4.69) is 27.9 Å². The number of rotatable bonds is 1. The molecule has 4 nitrogen and oxygen atoms in total. The maximum Gasteiger partial charge on any atom is 0.221 e. The lowest BCUT2D eigenvalue weighted by atomic mass is 10.1. The fourth-order valence-electron chi connectivity index (χ4n) is 2.13. The van der Waals surface area contributed by atoms with E-state index in [0.717, 1.165) is 11.1 Å². The molecule has 0 spiro atoms. The molecule has 0 radical (unpaired) electrons. The van der Waals surface area contributed by atoms with Crippen molar-refractivity contribution in [2.24, 2.45) is 0 Å². The summed E-state index contributed by atoms with van der Waals surface area (Å²) in [5.41, 5.74) is 8.60. The second-order valence-corrected chi connectivity index (χ2v) is 4.75. The highest BCUT2D eigenvalue weighted by Gasteiger charge is 2.13. The third-order valence-electron chi connectivity index (χ3n) is 3.18. The van der Waals surface area contributed by atoms with Crippen LogP contribution < -0.4 is 5.73 Å². The summed E-state index contributed by atoms with van der Waals surface area (Å²) in [7, 11) is 0. The van der Waals surface area contributed by atoms with Crippen LogP contribution in [0, 0.1) is 23.2 Å². The van der Waals surface area contributed by atoms with Crippen molar-refractivity contribution in [2.45, 2.75) is 0 Å². The van der Waals surface area contributed by atoms with Crippen LogP contribution in [0.15, 0.2) is 60.7 Å². The van der Waals surface area contributed by atoms with Gasteiger partial charge in [0, 0.05) is 11.1 Å². The van der Waals surface area contributed by atoms with Gasteiger partial charge in [-0.3, -0.25) is 0 Å². The molecule has 3 aromatic rings. The van der Waals surface area contributed by atoms with Gasteiger partial charge in [0.2, 0.25) is 5.95 Å². The van der Waals surface area contributed by atoms with Crippen LogP contribution in [0.3, 0.4) is 0 Å². The van der Waals surface area contributed by atoms with Crippen molar-refractivity contribution in [3.63, 3.8) is 0 Å². The molecule has 0 amide bonds. The fourth-order valence-corrected chi connectivity index (χ4v) is 2.13. The summed E-state index contributed by atoms with van der Waals surface area (Å²) in [6.45, 7) is 0. The molecular weight excluding hydrogens is 284 g/mol. The lowest BCUT2D eigenvalue weighted by Gasteiger charge is -2.05. The highest BCUT2D eigenvalue weighted by Crippen LogP contribution is 2.23. The molecule has 4 heteroatoms. The van der Waals surface area contributed by atoms with Gasteiger partial charge in [0.1, 0.15) is 17.3 Å². The van der Waals surface area contributed by atoms with Gasteiger partial charge < -0.3 is 5.73 Å². The fraction of sp³-hybridized carbons (Fsp3) is 0. The summed E-state index contributed by atoms with van der Waals surface area (Å²) < 4.78 is 0. The van der Waals surface area contributed by atoms with Crippen LogP contribution >= 0.6 is 0 Å². The van der Waals surface area contributed by atoms with Crippen LogP contribution in [0.5, 0.6) is 0 Å². The van der Waals surface area contributed by atoms with Gasteiger partial charge in [-0.1, -0.05) is 54.5 Å². The van der Waals surface area contributed by atoms with E-state index >= 15 is 0 Å². The number of anilines is 1. The summed E-state index contributed by atoms with van der Waals surface area (Å²) in [6, 6.07) is 21.0. The van der Waals surface area contributed by atoms with E-state index in [1.165, 1.54) is 0 Å². The Bertz CT molecular complexity index is 930. The van der Waals surface area contributed by atoms with Gasteiger partial charge in [0.25, 0.3) is 0 Å². The van der Waals surface area contributed by atoms with Crippen molar-refractivity contribution in [3.05, 3.63) is 77.5 Å². The smallest absolute Gasteiger partial charge is 0.221 e. The first kappa shape index (κ1) is 14.3. The van der Waals surface area contributed by atoms with Gasteiger partial charge >= 0.3 is 0 Å². The number of nitrogen functional groups attached to an aromatic ring is 1. The molecule has 0 bridgehead atoms. The Morgan fingerprint density at radius 3 is 2.13 bits per heavy atom. The Morgan fingerprint density at radius 1 is 0.826 bits per heavy atom. The Hall–Kier alpha value is -3.63. The highest BCUT2D eigenvalue weighted by molar-refractivity contribution is 5.70. The van der Waals surface area contributed by atoms with E-state index in [4.69, 9.17) is 5.73 Å². The maximum absolute atomic E-state index is 9.51. The average Bonchev–Trinajstić information content (AvgIpc) is 2.61. The predicted molar refractivity (Wildman–Crippen MR) is 89.0 cm³/mol. The van der Waals surface area contributed by atoms with Crippen molar-refractivity contribution in [3.8, 4) is 29.2 Å². The Balaban J connectivity index is 2.14. The number of hydrogen-bond donors (Lipinski definition) is 1. The average molecular weight is 296 g/mol. The normalized spacial score (nSPS) is 9.52. The van der Waals surface area contributed by atoms with Gasteiger partial charge in [-0.25, -0.2) is 9.97 Å². The lowest BCUT2D eigenvalue weighted by Crippen LogP contribution is -2.03. The third kappa shape index (κ3) is 3.18. The van der Waals surface area contributed by atoms with Crippen molar-refractivity contribution >= 4 is 5.95 Å². The zero-order valence-corrected chi connectivity index (χ0v) is 12.2. The van der Waals surface area contributed by atoms with Crippen molar-refractivity contribution < 1.29 is 0 Å². The second-order valence-electron chi connectivity index (χ2n) is 4.75. The standard InChI is InChI=1S/C19H12N4/c20-13-16-17(12-11-14-7-3-1-4-8-14)22-19(21)23-18(16)15-9-5-2-6-10-15/h1-10H,(H2,21,22,23). The first-order valence-corrected chi connectivity index (χ1v) is 6.98. The van der Waals surface area contributed by atoms with Crippen LogP contribution in [0.2, 0.25) is 0 Å². The van der Waals surface area contributed by atoms with E-state index in [9.17, 15) is 5.26 Å². The minimum absolute atomic E-state index is 0.0974. The van der Waals surface area contributed by atoms with E-state index < -0.39 is 0 Å². The summed E-state index contributed by atoms with van der Waals surface area (Å²) in [5, 5.41) is 9.51. The van der Waals surface area contributed by atoms with Crippen LogP contribution in [-0.2, 0) is 0 Å². The number of nitrogens with two attached hydrogens (primary N) is 1. The lowest BCUT2D eigenvalue weighted by molar-refractivity contribution is 1.15. The van der Waals surface area contributed by atoms with Gasteiger partial charge in [-0.15, -0.1) is 0 Å². The molecule has 0 atom stereocenters. The van der Waals surface area contributed by atoms with E-state index in [0.29, 0.717) is 17.0 Å². The molecule has 0 fully saturated rings. The summed E-state index contributed by atoms with van der Waals surface area (Å²) in [5.74, 6) is 6.02. The molecule has 108 valence electrons. The summed E-state index contributed by atoms with van der Waals surface area (Å²) >= 11 is 0. The number of nitrogens with zero attached hydrogens (tertiary/aromatic N) is 3. The molecule has 0 saturated carbocycles. The van der Waals surface area contributed by atoms with Crippen molar-refractivity contribution in [1.29, 1.82) is 5.26 Å². The number of benzene rings is 2. The minimum atomic E-state index is 0.0974. The predicted octanol–water partition coefficient (Wildman–Crippen LogP) is 3.00. The largest absolute Gasteiger partial charge is 0.368 e. The Labute approximate surface area is 134 Å². The Morgan fingerprint density at radius 2 is 1.48 bits per heavy atom. The summed E-state index contributed by atoms with van der Waals surface area (Å²) in [6.07, 6.45) is 0. The molecule has 0 saturated heterocycles. The molecule has 0 aliphatic carbocycles. The van der Waals surface area contributed by atoms with E-state index in [1.807, 2.05) is 60.7 Å². The first-order chi connectivity index (χ1) is 11.3. The summed E-state index contributed by atoms with van der Waals surface area (Å²) in [4.78, 5) is 8.32. The second kappa shape index (κ2) is 6.43. The highest BCUT2D eigenvalue weighted by atomic mass is 15.0. The molecule has 23 heavy (non-hydrogen) atoms. The zero-order valence-electron chi connectivity index (χ0n) is 12.2. The van der Waals surface area contributed by atoms with Crippen molar-refractivity contribution in [1.82, 2.24) is 9.97 Å². The number of hydrogen-bond acceptors (Lipinski definition) is 4. The molecule has 2 aromatic carbocycles. The van der Waals surface area contributed by atoms with Gasteiger partial charge in [0.15, 0.2) is 0 Å². The Kier molecular flexibility index (Phi) is 4.00.